The number of benzene rings is 2. The fourth-order valence-electron chi connectivity index (χ4n) is 1.73. The molecule has 0 fully saturated rings. The normalized spacial score (nSPS) is 10.0. The number of halogens is 1. The number of anilines is 3. The van der Waals surface area contributed by atoms with E-state index in [1.165, 1.54) is 0 Å². The van der Waals surface area contributed by atoms with E-state index in [2.05, 4.69) is 26.6 Å². The van der Waals surface area contributed by atoms with Gasteiger partial charge in [0, 0.05) is 17.2 Å². The molecule has 0 radical (unpaired) electrons. The second-order valence-corrected chi connectivity index (χ2v) is 4.76. The first-order valence-electron chi connectivity index (χ1n) is 5.59. The highest BCUT2D eigenvalue weighted by molar-refractivity contribution is 9.10. The molecule has 2 rings (SSSR count). The number of nitro groups is 1. The quantitative estimate of drug-likeness (QED) is 0.656. The summed E-state index contributed by atoms with van der Waals surface area (Å²) in [6.45, 7) is 0. The van der Waals surface area contributed by atoms with Gasteiger partial charge in [0.25, 0.3) is 0 Å². The van der Waals surface area contributed by atoms with Crippen LogP contribution in [0.3, 0.4) is 0 Å². The summed E-state index contributed by atoms with van der Waals surface area (Å²) < 4.78 is 0.955. The predicted molar refractivity (Wildman–Crippen MR) is 80.1 cm³/mol. The van der Waals surface area contributed by atoms with Crippen LogP contribution in [0.15, 0.2) is 46.9 Å². The van der Waals surface area contributed by atoms with Crippen LogP contribution in [0, 0.1) is 10.1 Å². The fourth-order valence-corrected chi connectivity index (χ4v) is 2.00. The van der Waals surface area contributed by atoms with Crippen LogP contribution in [-0.4, -0.2) is 12.0 Å². The SMILES string of the molecule is CNc1cccc(Nc2ccc(Br)cc2)c1[N+](=O)[O-]. The maximum Gasteiger partial charge on any atom is 0.315 e. The summed E-state index contributed by atoms with van der Waals surface area (Å²) >= 11 is 3.35. The zero-order chi connectivity index (χ0) is 13.8. The van der Waals surface area contributed by atoms with Crippen molar-refractivity contribution in [2.75, 3.05) is 17.7 Å². The molecule has 2 aromatic carbocycles. The van der Waals surface area contributed by atoms with Crippen molar-refractivity contribution in [3.63, 3.8) is 0 Å². The maximum absolute atomic E-state index is 11.2. The van der Waals surface area contributed by atoms with Crippen LogP contribution in [0.2, 0.25) is 0 Å². The third-order valence-electron chi connectivity index (χ3n) is 2.61. The third kappa shape index (κ3) is 3.03. The number of hydrogen-bond donors (Lipinski definition) is 2. The average molecular weight is 322 g/mol. The Hall–Kier alpha value is -2.08. The highest BCUT2D eigenvalue weighted by Gasteiger charge is 2.18. The first kappa shape index (κ1) is 13.4. The molecule has 5 nitrogen and oxygen atoms in total. The smallest absolute Gasteiger partial charge is 0.315 e. The summed E-state index contributed by atoms with van der Waals surface area (Å²) in [5.41, 5.74) is 1.76. The number of nitro benzene ring substituents is 1. The molecule has 0 saturated carbocycles. The largest absolute Gasteiger partial charge is 0.382 e. The minimum atomic E-state index is -0.396. The summed E-state index contributed by atoms with van der Waals surface area (Å²) in [6.07, 6.45) is 0. The number of nitrogens with one attached hydrogen (secondary N) is 2. The molecule has 2 N–H and O–H groups in total. The van der Waals surface area contributed by atoms with Gasteiger partial charge in [0.1, 0.15) is 11.4 Å². The Bertz CT molecular complexity index is 599. The van der Waals surface area contributed by atoms with Gasteiger partial charge in [0.2, 0.25) is 0 Å². The minimum Gasteiger partial charge on any atom is -0.382 e. The molecule has 0 atom stereocenters. The molecule has 0 aromatic heterocycles. The van der Waals surface area contributed by atoms with Crippen molar-refractivity contribution >= 4 is 38.7 Å². The Labute approximate surface area is 118 Å². The Kier molecular flexibility index (Phi) is 4.01. The van der Waals surface area contributed by atoms with Crippen LogP contribution in [0.5, 0.6) is 0 Å². The van der Waals surface area contributed by atoms with Crippen molar-refractivity contribution in [3.8, 4) is 0 Å². The van der Waals surface area contributed by atoms with Crippen molar-refractivity contribution in [1.29, 1.82) is 0 Å². The van der Waals surface area contributed by atoms with E-state index in [1.807, 2.05) is 24.3 Å². The van der Waals surface area contributed by atoms with Crippen molar-refractivity contribution < 1.29 is 4.92 Å². The fraction of sp³-hybridized carbons (Fsp3) is 0.0769. The summed E-state index contributed by atoms with van der Waals surface area (Å²) in [4.78, 5) is 10.8. The third-order valence-corrected chi connectivity index (χ3v) is 3.14. The molecule has 98 valence electrons. The van der Waals surface area contributed by atoms with Gasteiger partial charge in [0.05, 0.1) is 4.92 Å². The zero-order valence-corrected chi connectivity index (χ0v) is 11.8. The second kappa shape index (κ2) is 5.71. The summed E-state index contributed by atoms with van der Waals surface area (Å²) in [5, 5.41) is 17.0. The van der Waals surface area contributed by atoms with E-state index in [1.54, 1.807) is 25.2 Å². The highest BCUT2D eigenvalue weighted by Crippen LogP contribution is 2.34. The van der Waals surface area contributed by atoms with Gasteiger partial charge in [-0.2, -0.15) is 0 Å². The Balaban J connectivity index is 2.39. The lowest BCUT2D eigenvalue weighted by atomic mass is 10.2. The molecule has 0 saturated heterocycles. The standard InChI is InChI=1S/C13H12BrN3O2/c1-15-11-3-2-4-12(13(11)17(18)19)16-10-7-5-9(14)6-8-10/h2-8,15-16H,1H3. The minimum absolute atomic E-state index is 0.0351. The summed E-state index contributed by atoms with van der Waals surface area (Å²) in [7, 11) is 1.66. The van der Waals surface area contributed by atoms with Crippen LogP contribution in [0.25, 0.3) is 0 Å². The van der Waals surface area contributed by atoms with E-state index in [-0.39, 0.29) is 5.69 Å². The molecular weight excluding hydrogens is 310 g/mol. The summed E-state index contributed by atoms with van der Waals surface area (Å²) in [6, 6.07) is 12.6. The molecule has 6 heteroatoms. The first-order chi connectivity index (χ1) is 9.11. The number of para-hydroxylation sites is 1. The molecule has 0 spiro atoms. The Morgan fingerprint density at radius 1 is 1.11 bits per heavy atom. The average Bonchev–Trinajstić information content (AvgIpc) is 2.40. The topological polar surface area (TPSA) is 67.2 Å². The van der Waals surface area contributed by atoms with Crippen molar-refractivity contribution in [2.45, 2.75) is 0 Å². The molecule has 0 heterocycles. The van der Waals surface area contributed by atoms with Gasteiger partial charge in [-0.3, -0.25) is 10.1 Å². The Morgan fingerprint density at radius 3 is 2.32 bits per heavy atom. The van der Waals surface area contributed by atoms with E-state index < -0.39 is 4.92 Å². The van der Waals surface area contributed by atoms with Gasteiger partial charge in [0.15, 0.2) is 0 Å². The number of hydrogen-bond acceptors (Lipinski definition) is 4. The van der Waals surface area contributed by atoms with Crippen molar-refractivity contribution in [3.05, 3.63) is 57.1 Å². The van der Waals surface area contributed by atoms with Crippen LogP contribution >= 0.6 is 15.9 Å². The lowest BCUT2D eigenvalue weighted by Crippen LogP contribution is -2.01. The first-order valence-corrected chi connectivity index (χ1v) is 6.39. The molecule has 0 aliphatic heterocycles. The molecule has 19 heavy (non-hydrogen) atoms. The van der Waals surface area contributed by atoms with Crippen LogP contribution < -0.4 is 10.6 Å². The zero-order valence-electron chi connectivity index (χ0n) is 10.2. The summed E-state index contributed by atoms with van der Waals surface area (Å²) in [5.74, 6) is 0. The molecule has 0 bridgehead atoms. The van der Waals surface area contributed by atoms with Crippen LogP contribution in [0.4, 0.5) is 22.7 Å². The highest BCUT2D eigenvalue weighted by atomic mass is 79.9. The second-order valence-electron chi connectivity index (χ2n) is 3.84. The monoisotopic (exact) mass is 321 g/mol. The lowest BCUT2D eigenvalue weighted by Gasteiger charge is -2.10. The van der Waals surface area contributed by atoms with Gasteiger partial charge in [-0.1, -0.05) is 22.0 Å². The van der Waals surface area contributed by atoms with E-state index in [0.29, 0.717) is 11.4 Å². The lowest BCUT2D eigenvalue weighted by molar-refractivity contribution is -0.383. The molecule has 0 unspecified atom stereocenters. The van der Waals surface area contributed by atoms with E-state index in [0.717, 1.165) is 10.2 Å². The van der Waals surface area contributed by atoms with E-state index in [4.69, 9.17) is 0 Å². The molecule has 0 amide bonds. The van der Waals surface area contributed by atoms with Crippen LogP contribution in [-0.2, 0) is 0 Å². The molecule has 0 aliphatic rings. The van der Waals surface area contributed by atoms with Gasteiger partial charge in [-0.15, -0.1) is 0 Å². The van der Waals surface area contributed by atoms with Crippen molar-refractivity contribution in [1.82, 2.24) is 0 Å². The van der Waals surface area contributed by atoms with Crippen molar-refractivity contribution in [2.24, 2.45) is 0 Å². The van der Waals surface area contributed by atoms with E-state index >= 15 is 0 Å². The molecular formula is C13H12BrN3O2. The van der Waals surface area contributed by atoms with Gasteiger partial charge in [-0.05, 0) is 36.4 Å². The van der Waals surface area contributed by atoms with Gasteiger partial charge >= 0.3 is 5.69 Å². The van der Waals surface area contributed by atoms with E-state index in [9.17, 15) is 10.1 Å². The maximum atomic E-state index is 11.2. The molecule has 0 aliphatic carbocycles. The molecule has 2 aromatic rings. The predicted octanol–water partition coefficient (Wildman–Crippen LogP) is 4.14. The Morgan fingerprint density at radius 2 is 1.74 bits per heavy atom. The van der Waals surface area contributed by atoms with Gasteiger partial charge < -0.3 is 10.6 Å². The van der Waals surface area contributed by atoms with Gasteiger partial charge in [-0.25, -0.2) is 0 Å². The number of nitrogens with zero attached hydrogens (tertiary/aromatic N) is 1. The number of rotatable bonds is 4. The van der Waals surface area contributed by atoms with Crippen LogP contribution in [0.1, 0.15) is 0 Å².